The zero-order valence-electron chi connectivity index (χ0n) is 11.9. The summed E-state index contributed by atoms with van der Waals surface area (Å²) in [7, 11) is 0. The molecule has 0 spiro atoms. The van der Waals surface area contributed by atoms with Gasteiger partial charge in [0.15, 0.2) is 0 Å². The first-order valence-corrected chi connectivity index (χ1v) is 7.42. The maximum absolute atomic E-state index is 12.1. The zero-order chi connectivity index (χ0) is 15.4. The van der Waals surface area contributed by atoms with Crippen molar-refractivity contribution < 1.29 is 37.4 Å². The standard InChI is InChI=1S/C16H12BrClNO2.Y/c1-3-9-21-11-5-6-12(13(17)10-11)15-8-7-14(18)16(20)19(15)4-2;/h1,5-7,10H,4,9H2,2H3;/q-1;. The quantitative estimate of drug-likeness (QED) is 0.520. The second kappa shape index (κ2) is 8.89. The average Bonchev–Trinajstić information content (AvgIpc) is 2.48. The van der Waals surface area contributed by atoms with Gasteiger partial charge in [0, 0.05) is 44.3 Å². The summed E-state index contributed by atoms with van der Waals surface area (Å²) in [5, 5.41) is 0.158. The van der Waals surface area contributed by atoms with E-state index in [1.54, 1.807) is 16.7 Å². The maximum Gasteiger partial charge on any atom is 0.212 e. The Morgan fingerprint density at radius 3 is 2.82 bits per heavy atom. The Labute approximate surface area is 168 Å². The molecule has 0 aliphatic rings. The van der Waals surface area contributed by atoms with Gasteiger partial charge in [-0.2, -0.15) is 23.7 Å². The Balaban J connectivity index is 0.00000242. The number of nitrogens with zero attached hydrogens (tertiary/aromatic N) is 1. The summed E-state index contributed by atoms with van der Waals surface area (Å²) in [6.07, 6.45) is 5.16. The van der Waals surface area contributed by atoms with Crippen molar-refractivity contribution in [1.29, 1.82) is 0 Å². The van der Waals surface area contributed by atoms with E-state index in [1.165, 1.54) is 6.07 Å². The third kappa shape index (κ3) is 4.23. The zero-order valence-corrected chi connectivity index (χ0v) is 17.1. The molecule has 0 aliphatic heterocycles. The van der Waals surface area contributed by atoms with Crippen molar-refractivity contribution in [3.63, 3.8) is 0 Å². The number of ether oxygens (including phenoxy) is 1. The minimum atomic E-state index is -0.229. The molecule has 0 amide bonds. The predicted octanol–water partition coefficient (Wildman–Crippen LogP) is 3.76. The van der Waals surface area contributed by atoms with Crippen LogP contribution in [-0.4, -0.2) is 11.2 Å². The van der Waals surface area contributed by atoms with Crippen LogP contribution in [-0.2, 0) is 39.3 Å². The van der Waals surface area contributed by atoms with E-state index in [9.17, 15) is 4.79 Å². The fourth-order valence-electron chi connectivity index (χ4n) is 1.93. The minimum Gasteiger partial charge on any atom is -0.481 e. The monoisotopic (exact) mass is 453 g/mol. The van der Waals surface area contributed by atoms with Gasteiger partial charge in [-0.25, -0.2) is 0 Å². The van der Waals surface area contributed by atoms with E-state index in [0.29, 0.717) is 18.0 Å². The number of hydrogen-bond donors (Lipinski definition) is 0. The Morgan fingerprint density at radius 1 is 1.50 bits per heavy atom. The molecule has 1 aromatic heterocycles. The van der Waals surface area contributed by atoms with Crippen LogP contribution >= 0.6 is 27.5 Å². The Morgan fingerprint density at radius 2 is 2.23 bits per heavy atom. The van der Waals surface area contributed by atoms with Crippen LogP contribution in [0.15, 0.2) is 33.5 Å². The Hall–Kier alpha value is -0.596. The normalized spacial score (nSPS) is 9.73. The molecule has 6 heteroatoms. The molecular formula is C16H12BrClNO2Y-. The first kappa shape index (κ1) is 19.5. The SMILES string of the molecule is C#CCOc1ccc(-c2[c-]cc(Cl)c(=O)n2CC)c(Br)c1.[Y]. The summed E-state index contributed by atoms with van der Waals surface area (Å²) in [6.45, 7) is 2.60. The molecule has 1 heterocycles. The molecule has 1 aromatic carbocycles. The van der Waals surface area contributed by atoms with Crippen LogP contribution in [0.1, 0.15) is 6.92 Å². The van der Waals surface area contributed by atoms with Gasteiger partial charge in [0.25, 0.3) is 0 Å². The van der Waals surface area contributed by atoms with E-state index < -0.39 is 0 Å². The van der Waals surface area contributed by atoms with E-state index in [4.69, 9.17) is 22.8 Å². The van der Waals surface area contributed by atoms with E-state index in [-0.39, 0.29) is 49.9 Å². The molecule has 0 saturated carbocycles. The topological polar surface area (TPSA) is 31.2 Å². The summed E-state index contributed by atoms with van der Waals surface area (Å²) in [4.78, 5) is 12.1. The molecule has 3 nitrogen and oxygen atoms in total. The number of halogens is 2. The summed E-state index contributed by atoms with van der Waals surface area (Å²) in [6, 6.07) is 9.98. The van der Waals surface area contributed by atoms with E-state index in [2.05, 4.69) is 27.9 Å². The van der Waals surface area contributed by atoms with Gasteiger partial charge in [-0.05, 0) is 23.5 Å². The molecule has 0 fully saturated rings. The molecule has 0 unspecified atom stereocenters. The predicted molar refractivity (Wildman–Crippen MR) is 87.7 cm³/mol. The van der Waals surface area contributed by atoms with Gasteiger partial charge in [0.05, 0.1) is 0 Å². The molecule has 111 valence electrons. The number of benzene rings is 1. The van der Waals surface area contributed by atoms with Crippen LogP contribution in [0.5, 0.6) is 5.75 Å². The van der Waals surface area contributed by atoms with Crippen LogP contribution in [0.2, 0.25) is 5.02 Å². The van der Waals surface area contributed by atoms with Crippen molar-refractivity contribution in [2.45, 2.75) is 13.5 Å². The van der Waals surface area contributed by atoms with Crippen molar-refractivity contribution >= 4 is 27.5 Å². The molecule has 2 aromatic rings. The van der Waals surface area contributed by atoms with Crippen molar-refractivity contribution in [1.82, 2.24) is 4.57 Å². The second-order valence-corrected chi connectivity index (χ2v) is 5.43. The second-order valence-electron chi connectivity index (χ2n) is 4.17. The summed E-state index contributed by atoms with van der Waals surface area (Å²) in [5.41, 5.74) is 1.27. The number of aromatic nitrogens is 1. The van der Waals surface area contributed by atoms with Crippen molar-refractivity contribution in [3.8, 4) is 29.4 Å². The molecule has 0 N–H and O–H groups in total. The van der Waals surface area contributed by atoms with E-state index in [0.717, 1.165) is 10.0 Å². The van der Waals surface area contributed by atoms with Gasteiger partial charge in [-0.1, -0.05) is 33.1 Å². The first-order valence-electron chi connectivity index (χ1n) is 6.25. The number of pyridine rings is 1. The van der Waals surface area contributed by atoms with Crippen molar-refractivity contribution in [2.24, 2.45) is 0 Å². The molecule has 1 radical (unpaired) electrons. The molecule has 0 saturated heterocycles. The van der Waals surface area contributed by atoms with Gasteiger partial charge in [-0.3, -0.25) is 4.79 Å². The van der Waals surface area contributed by atoms with Crippen LogP contribution in [0, 0.1) is 18.4 Å². The minimum absolute atomic E-state index is 0. The van der Waals surface area contributed by atoms with Crippen LogP contribution < -0.4 is 10.3 Å². The fourth-order valence-corrected chi connectivity index (χ4v) is 2.63. The molecule has 22 heavy (non-hydrogen) atoms. The average molecular weight is 455 g/mol. The number of hydrogen-bond acceptors (Lipinski definition) is 2. The van der Waals surface area contributed by atoms with Crippen LogP contribution in [0.4, 0.5) is 0 Å². The summed E-state index contributed by atoms with van der Waals surface area (Å²) >= 11 is 9.34. The largest absolute Gasteiger partial charge is 0.481 e. The van der Waals surface area contributed by atoms with Crippen molar-refractivity contribution in [2.75, 3.05) is 6.61 Å². The fraction of sp³-hybridized carbons (Fsp3) is 0.188. The van der Waals surface area contributed by atoms with Gasteiger partial charge in [-0.15, -0.1) is 12.5 Å². The third-order valence-corrected chi connectivity index (χ3v) is 3.82. The van der Waals surface area contributed by atoms with Crippen LogP contribution in [0.25, 0.3) is 11.3 Å². The Kier molecular flexibility index (Phi) is 7.86. The van der Waals surface area contributed by atoms with Gasteiger partial charge in [0.1, 0.15) is 12.4 Å². The van der Waals surface area contributed by atoms with E-state index in [1.807, 2.05) is 13.0 Å². The van der Waals surface area contributed by atoms with Gasteiger partial charge < -0.3 is 9.30 Å². The number of terminal acetylenes is 1. The maximum atomic E-state index is 12.1. The van der Waals surface area contributed by atoms with E-state index >= 15 is 0 Å². The molecule has 2 rings (SSSR count). The Bertz CT molecular complexity index is 768. The smallest absolute Gasteiger partial charge is 0.212 e. The molecule has 0 atom stereocenters. The third-order valence-electron chi connectivity index (χ3n) is 2.89. The van der Waals surface area contributed by atoms with Crippen molar-refractivity contribution in [3.05, 3.63) is 50.2 Å². The molecule has 0 aliphatic carbocycles. The first-order chi connectivity index (χ1) is 10.1. The van der Waals surface area contributed by atoms with Crippen LogP contribution in [0.3, 0.4) is 0 Å². The summed E-state index contributed by atoms with van der Waals surface area (Å²) < 4.78 is 7.72. The summed E-state index contributed by atoms with van der Waals surface area (Å²) in [5.74, 6) is 3.07. The molecular weight excluding hydrogens is 442 g/mol. The van der Waals surface area contributed by atoms with Gasteiger partial charge >= 0.3 is 0 Å². The number of rotatable bonds is 4. The van der Waals surface area contributed by atoms with Gasteiger partial charge in [0.2, 0.25) is 5.56 Å². The molecule has 0 bridgehead atoms.